The fourth-order valence-corrected chi connectivity index (χ4v) is 3.45. The molecule has 27 heavy (non-hydrogen) atoms. The van der Waals surface area contributed by atoms with Crippen molar-refractivity contribution >= 4 is 23.6 Å². The average Bonchev–Trinajstić information content (AvgIpc) is 3.20. The predicted octanol–water partition coefficient (Wildman–Crippen LogP) is 1.29. The van der Waals surface area contributed by atoms with Gasteiger partial charge in [0.25, 0.3) is 0 Å². The molecule has 2 fully saturated rings. The monoisotopic (exact) mass is 377 g/mol. The molecule has 0 radical (unpaired) electrons. The van der Waals surface area contributed by atoms with Crippen LogP contribution in [0.15, 0.2) is 12.4 Å². The molecule has 1 unspecified atom stereocenters. The van der Waals surface area contributed by atoms with Crippen LogP contribution in [0.4, 0.5) is 10.5 Å². The van der Waals surface area contributed by atoms with Crippen molar-refractivity contribution in [2.24, 2.45) is 11.7 Å². The van der Waals surface area contributed by atoms with Gasteiger partial charge in [0.05, 0.1) is 23.8 Å². The summed E-state index contributed by atoms with van der Waals surface area (Å²) in [5.74, 6) is -1.01. The van der Waals surface area contributed by atoms with E-state index in [0.29, 0.717) is 25.3 Å². The Morgan fingerprint density at radius 2 is 1.93 bits per heavy atom. The highest BCUT2D eigenvalue weighted by molar-refractivity contribution is 5.99. The van der Waals surface area contributed by atoms with Gasteiger partial charge >= 0.3 is 6.09 Å². The van der Waals surface area contributed by atoms with E-state index in [0.717, 1.165) is 12.8 Å². The van der Waals surface area contributed by atoms with Crippen molar-refractivity contribution in [2.45, 2.75) is 51.7 Å². The summed E-state index contributed by atoms with van der Waals surface area (Å²) in [4.78, 5) is 38.9. The molecule has 9 nitrogen and oxygen atoms in total. The van der Waals surface area contributed by atoms with E-state index in [1.165, 1.54) is 0 Å². The fraction of sp³-hybridized carbons (Fsp3) is 0.667. The number of amides is 3. The quantitative estimate of drug-likeness (QED) is 0.853. The second kappa shape index (κ2) is 7.21. The van der Waals surface area contributed by atoms with Crippen molar-refractivity contribution in [2.75, 3.05) is 24.5 Å². The third kappa shape index (κ3) is 4.40. The van der Waals surface area contributed by atoms with Gasteiger partial charge in [-0.2, -0.15) is 5.10 Å². The lowest BCUT2D eigenvalue weighted by Crippen LogP contribution is -2.42. The smallest absolute Gasteiger partial charge is 0.410 e. The normalized spacial score (nSPS) is 21.6. The Morgan fingerprint density at radius 1 is 1.26 bits per heavy atom. The van der Waals surface area contributed by atoms with Gasteiger partial charge in [-0.1, -0.05) is 0 Å². The maximum absolute atomic E-state index is 12.2. The Labute approximate surface area is 158 Å². The van der Waals surface area contributed by atoms with E-state index >= 15 is 0 Å². The van der Waals surface area contributed by atoms with Crippen LogP contribution in [0.5, 0.6) is 0 Å². The third-order valence-corrected chi connectivity index (χ3v) is 4.92. The fourth-order valence-electron chi connectivity index (χ4n) is 3.45. The summed E-state index contributed by atoms with van der Waals surface area (Å²) in [5.41, 5.74) is 5.49. The van der Waals surface area contributed by atoms with E-state index in [1.807, 2.05) is 31.6 Å². The molecular weight excluding hydrogens is 350 g/mol. The first-order valence-electron chi connectivity index (χ1n) is 9.26. The van der Waals surface area contributed by atoms with Gasteiger partial charge in [0, 0.05) is 32.3 Å². The van der Waals surface area contributed by atoms with Gasteiger partial charge in [0.15, 0.2) is 0 Å². The minimum Gasteiger partial charge on any atom is -0.444 e. The number of rotatable bonds is 3. The number of anilines is 1. The first-order chi connectivity index (χ1) is 12.6. The molecule has 3 amide bonds. The molecule has 3 heterocycles. The number of likely N-dealkylation sites (tertiary alicyclic amines) is 1. The van der Waals surface area contributed by atoms with Crippen molar-refractivity contribution in [1.29, 1.82) is 0 Å². The number of nitrogens with two attached hydrogens (primary N) is 1. The first-order valence-corrected chi connectivity index (χ1v) is 9.26. The largest absolute Gasteiger partial charge is 0.444 e. The molecule has 0 aromatic carbocycles. The highest BCUT2D eigenvalue weighted by Crippen LogP contribution is 2.28. The van der Waals surface area contributed by atoms with Crippen LogP contribution >= 0.6 is 0 Å². The third-order valence-electron chi connectivity index (χ3n) is 4.92. The predicted molar refractivity (Wildman–Crippen MR) is 98.0 cm³/mol. The minimum absolute atomic E-state index is 0.113. The van der Waals surface area contributed by atoms with E-state index in [4.69, 9.17) is 10.5 Å². The van der Waals surface area contributed by atoms with Crippen LogP contribution in [0.3, 0.4) is 0 Å². The van der Waals surface area contributed by atoms with Crippen LogP contribution in [0, 0.1) is 5.92 Å². The van der Waals surface area contributed by atoms with Crippen LogP contribution in [-0.2, 0) is 14.3 Å². The second-order valence-corrected chi connectivity index (χ2v) is 8.18. The van der Waals surface area contributed by atoms with Crippen LogP contribution in [0.1, 0.15) is 46.1 Å². The number of aromatic nitrogens is 2. The van der Waals surface area contributed by atoms with Crippen molar-refractivity contribution in [3.63, 3.8) is 0 Å². The molecule has 2 saturated heterocycles. The zero-order valence-electron chi connectivity index (χ0n) is 16.1. The number of piperidine rings is 1. The molecule has 1 atom stereocenters. The highest BCUT2D eigenvalue weighted by atomic mass is 16.6. The molecule has 2 N–H and O–H groups in total. The zero-order valence-corrected chi connectivity index (χ0v) is 16.1. The lowest BCUT2D eigenvalue weighted by Gasteiger charge is -2.33. The Kier molecular flexibility index (Phi) is 5.12. The van der Waals surface area contributed by atoms with Crippen LogP contribution in [-0.4, -0.2) is 57.8 Å². The molecule has 2 aliphatic heterocycles. The summed E-state index contributed by atoms with van der Waals surface area (Å²) in [6, 6.07) is 0.155. The van der Waals surface area contributed by atoms with Crippen LogP contribution in [0.2, 0.25) is 0 Å². The Bertz CT molecular complexity index is 730. The van der Waals surface area contributed by atoms with Crippen molar-refractivity contribution in [1.82, 2.24) is 14.7 Å². The highest BCUT2D eigenvalue weighted by Gasteiger charge is 2.35. The summed E-state index contributed by atoms with van der Waals surface area (Å²) in [6.45, 7) is 7.06. The molecule has 0 bridgehead atoms. The van der Waals surface area contributed by atoms with E-state index in [9.17, 15) is 14.4 Å². The average molecular weight is 377 g/mol. The zero-order chi connectivity index (χ0) is 19.8. The summed E-state index contributed by atoms with van der Waals surface area (Å²) < 4.78 is 7.25. The summed E-state index contributed by atoms with van der Waals surface area (Å²) in [5, 5.41) is 4.39. The number of carbonyl (C=O) groups is 3. The second-order valence-electron chi connectivity index (χ2n) is 8.18. The van der Waals surface area contributed by atoms with Gasteiger partial charge in [-0.05, 0) is 33.6 Å². The number of primary amides is 1. The number of nitrogens with zero attached hydrogens (tertiary/aromatic N) is 4. The molecule has 3 rings (SSSR count). The van der Waals surface area contributed by atoms with E-state index in [-0.39, 0.29) is 24.5 Å². The molecule has 0 saturated carbocycles. The van der Waals surface area contributed by atoms with Gasteiger partial charge in [-0.25, -0.2) is 4.79 Å². The summed E-state index contributed by atoms with van der Waals surface area (Å²) in [6.07, 6.45) is 4.85. The number of carbonyl (C=O) groups excluding carboxylic acids is 3. The number of hydrogen-bond acceptors (Lipinski definition) is 5. The van der Waals surface area contributed by atoms with Gasteiger partial charge in [-0.15, -0.1) is 0 Å². The van der Waals surface area contributed by atoms with E-state index in [2.05, 4.69) is 5.10 Å². The molecule has 2 aliphatic rings. The molecule has 0 aliphatic carbocycles. The SMILES string of the molecule is CC(C)(C)OC(=O)N1CCC(n2cc(N3CC(C(N)=O)CC3=O)cn2)CC1. The Balaban J connectivity index is 1.58. The Hall–Kier alpha value is -2.58. The molecule has 9 heteroatoms. The lowest BCUT2D eigenvalue weighted by atomic mass is 10.1. The van der Waals surface area contributed by atoms with Crippen LogP contribution < -0.4 is 10.6 Å². The van der Waals surface area contributed by atoms with E-state index in [1.54, 1.807) is 16.0 Å². The minimum atomic E-state index is -0.504. The van der Waals surface area contributed by atoms with E-state index < -0.39 is 17.4 Å². The van der Waals surface area contributed by atoms with Gasteiger partial charge < -0.3 is 20.3 Å². The first kappa shape index (κ1) is 19.2. The van der Waals surface area contributed by atoms with Crippen LogP contribution in [0.25, 0.3) is 0 Å². The lowest BCUT2D eigenvalue weighted by molar-refractivity contribution is -0.123. The topological polar surface area (TPSA) is 111 Å². The van der Waals surface area contributed by atoms with Crippen molar-refractivity contribution < 1.29 is 19.1 Å². The molecule has 148 valence electrons. The maximum Gasteiger partial charge on any atom is 0.410 e. The summed E-state index contributed by atoms with van der Waals surface area (Å²) >= 11 is 0. The standard InChI is InChI=1S/C18H27N5O4/c1-18(2,3)27-17(26)21-6-4-13(5-7-21)23-11-14(9-20-23)22-10-12(16(19)25)8-15(22)24/h9,11-13H,4-8,10H2,1-3H3,(H2,19,25). The van der Waals surface area contributed by atoms with Gasteiger partial charge in [-0.3, -0.25) is 14.3 Å². The van der Waals surface area contributed by atoms with Crippen molar-refractivity contribution in [3.8, 4) is 0 Å². The van der Waals surface area contributed by atoms with Crippen molar-refractivity contribution in [3.05, 3.63) is 12.4 Å². The molecule has 1 aromatic heterocycles. The Morgan fingerprint density at radius 3 is 2.48 bits per heavy atom. The maximum atomic E-state index is 12.2. The summed E-state index contributed by atoms with van der Waals surface area (Å²) in [7, 11) is 0. The molecular formula is C18H27N5O4. The molecule has 1 aromatic rings. The van der Waals surface area contributed by atoms with Gasteiger partial charge in [0.1, 0.15) is 5.60 Å². The number of ether oxygens (including phenoxy) is 1. The number of hydrogen-bond donors (Lipinski definition) is 1. The molecule has 0 spiro atoms. The van der Waals surface area contributed by atoms with Gasteiger partial charge in [0.2, 0.25) is 11.8 Å².